The summed E-state index contributed by atoms with van der Waals surface area (Å²) in [5.41, 5.74) is -0.493. The molecule has 0 saturated carbocycles. The van der Waals surface area contributed by atoms with Crippen molar-refractivity contribution in [2.45, 2.75) is 6.92 Å². The molecule has 1 rings (SSSR count). The fraction of sp³-hybridized carbons (Fsp3) is 0.222. The zero-order chi connectivity index (χ0) is 10.9. The Morgan fingerprint density at radius 2 is 2.00 bits per heavy atom. The quantitative estimate of drug-likeness (QED) is 0.491. The zero-order valence-corrected chi connectivity index (χ0v) is 7.73. The summed E-state index contributed by atoms with van der Waals surface area (Å²) in [6.45, 7) is 1.33. The van der Waals surface area contributed by atoms with Crippen molar-refractivity contribution in [2.24, 2.45) is 0 Å². The summed E-state index contributed by atoms with van der Waals surface area (Å²) in [6.07, 6.45) is 0. The summed E-state index contributed by atoms with van der Waals surface area (Å²) in [7, 11) is 6.45. The van der Waals surface area contributed by atoms with Gasteiger partial charge in [-0.15, -0.1) is 0 Å². The van der Waals surface area contributed by atoms with Gasteiger partial charge in [0.2, 0.25) is 0 Å². The highest BCUT2D eigenvalue weighted by atomic mass is 19.2. The molecule has 0 spiro atoms. The van der Waals surface area contributed by atoms with Crippen LogP contribution in [0.2, 0.25) is 0 Å². The van der Waals surface area contributed by atoms with Gasteiger partial charge in [-0.2, -0.15) is 0 Å². The molecule has 2 nitrogen and oxygen atoms in total. The van der Waals surface area contributed by atoms with Crippen molar-refractivity contribution in [3.05, 3.63) is 28.8 Å². The predicted octanol–water partition coefficient (Wildman–Crippen LogP) is 0.854. The van der Waals surface area contributed by atoms with E-state index in [1.54, 1.807) is 0 Å². The van der Waals surface area contributed by atoms with Gasteiger partial charge in [-0.1, -0.05) is 11.5 Å². The molecule has 14 heavy (non-hydrogen) atoms. The third-order valence-electron chi connectivity index (χ3n) is 1.90. The van der Waals surface area contributed by atoms with E-state index in [0.717, 1.165) is 13.2 Å². The Balaban J connectivity index is 3.40. The molecule has 2 radical (unpaired) electrons. The van der Waals surface area contributed by atoms with Crippen LogP contribution in [-0.2, 0) is 4.74 Å². The average molecular weight is 196 g/mol. The Hall–Kier alpha value is -1.39. The monoisotopic (exact) mass is 196 g/mol. The van der Waals surface area contributed by atoms with E-state index in [9.17, 15) is 13.6 Å². The summed E-state index contributed by atoms with van der Waals surface area (Å²) in [5, 5.41) is 0. The van der Waals surface area contributed by atoms with E-state index < -0.39 is 23.2 Å². The molecule has 0 unspecified atom stereocenters. The van der Waals surface area contributed by atoms with Gasteiger partial charge >= 0.3 is 5.97 Å². The van der Waals surface area contributed by atoms with E-state index in [0.29, 0.717) is 0 Å². The summed E-state index contributed by atoms with van der Waals surface area (Å²) < 4.78 is 30.5. The second kappa shape index (κ2) is 3.78. The second-order valence-electron chi connectivity index (χ2n) is 2.76. The molecule has 0 aromatic heterocycles. The summed E-state index contributed by atoms with van der Waals surface area (Å²) in [5.74, 6) is -3.30. The Kier molecular flexibility index (Phi) is 2.89. The Bertz CT molecular complexity index is 391. The third-order valence-corrected chi connectivity index (χ3v) is 1.90. The van der Waals surface area contributed by atoms with Crippen LogP contribution in [0.3, 0.4) is 0 Å². The zero-order valence-electron chi connectivity index (χ0n) is 7.73. The Morgan fingerprint density at radius 3 is 2.50 bits per heavy atom. The van der Waals surface area contributed by atoms with Crippen molar-refractivity contribution in [2.75, 3.05) is 7.11 Å². The van der Waals surface area contributed by atoms with Crippen molar-refractivity contribution in [3.8, 4) is 0 Å². The number of ether oxygens (including phenoxy) is 1. The number of hydrogen-bond donors (Lipinski definition) is 0. The van der Waals surface area contributed by atoms with Crippen molar-refractivity contribution in [1.29, 1.82) is 0 Å². The van der Waals surface area contributed by atoms with Crippen molar-refractivity contribution >= 4 is 19.3 Å². The van der Waals surface area contributed by atoms with Crippen LogP contribution in [0.15, 0.2) is 6.07 Å². The minimum Gasteiger partial charge on any atom is -0.465 e. The summed E-state index contributed by atoms with van der Waals surface area (Å²) >= 11 is 0. The topological polar surface area (TPSA) is 26.3 Å². The van der Waals surface area contributed by atoms with Crippen LogP contribution in [0.1, 0.15) is 15.9 Å². The maximum absolute atomic E-state index is 13.1. The van der Waals surface area contributed by atoms with Gasteiger partial charge in [0.25, 0.3) is 0 Å². The maximum atomic E-state index is 13.1. The number of halogens is 2. The number of rotatable bonds is 1. The second-order valence-corrected chi connectivity index (χ2v) is 2.76. The van der Waals surface area contributed by atoms with Gasteiger partial charge in [0.05, 0.1) is 12.7 Å². The number of hydrogen-bond acceptors (Lipinski definition) is 2. The largest absolute Gasteiger partial charge is 0.465 e. The van der Waals surface area contributed by atoms with Crippen molar-refractivity contribution in [3.63, 3.8) is 0 Å². The first-order chi connectivity index (χ1) is 6.49. The van der Waals surface area contributed by atoms with Crippen molar-refractivity contribution < 1.29 is 18.3 Å². The lowest BCUT2D eigenvalue weighted by molar-refractivity contribution is 0.0594. The molecular weight excluding hydrogens is 189 g/mol. The molecule has 5 heteroatoms. The van der Waals surface area contributed by atoms with E-state index in [-0.39, 0.29) is 11.0 Å². The van der Waals surface area contributed by atoms with Gasteiger partial charge in [-0.25, -0.2) is 13.6 Å². The lowest BCUT2D eigenvalue weighted by Crippen LogP contribution is -2.17. The number of methoxy groups -OCH3 is 1. The molecular formula is C9H7BF2O2. The van der Waals surface area contributed by atoms with E-state index in [4.69, 9.17) is 7.85 Å². The molecule has 1 aromatic carbocycles. The average Bonchev–Trinajstić information content (AvgIpc) is 2.19. The van der Waals surface area contributed by atoms with E-state index >= 15 is 0 Å². The van der Waals surface area contributed by atoms with Gasteiger partial charge < -0.3 is 4.74 Å². The molecule has 0 amide bonds. The molecule has 0 bridgehead atoms. The number of benzene rings is 1. The maximum Gasteiger partial charge on any atom is 0.340 e. The van der Waals surface area contributed by atoms with Crippen LogP contribution >= 0.6 is 0 Å². The summed E-state index contributed by atoms with van der Waals surface area (Å²) in [6, 6.07) is 1.06. The Morgan fingerprint density at radius 1 is 1.43 bits per heavy atom. The minimum absolute atomic E-state index is 0.0179. The molecule has 0 fully saturated rings. The molecule has 0 aliphatic carbocycles. The highest BCUT2D eigenvalue weighted by Gasteiger charge is 2.18. The minimum atomic E-state index is -1.23. The van der Waals surface area contributed by atoms with Gasteiger partial charge in [0, 0.05) is 0 Å². The van der Waals surface area contributed by atoms with Gasteiger partial charge in [-0.05, 0) is 12.5 Å². The van der Waals surface area contributed by atoms with Gasteiger partial charge in [-0.3, -0.25) is 0 Å². The predicted molar refractivity (Wildman–Crippen MR) is 47.8 cm³/mol. The third kappa shape index (κ3) is 1.62. The molecule has 1 aromatic rings. The van der Waals surface area contributed by atoms with Crippen molar-refractivity contribution in [1.82, 2.24) is 0 Å². The van der Waals surface area contributed by atoms with Gasteiger partial charge in [0.1, 0.15) is 7.85 Å². The standard InChI is InChI=1S/C9H7BF2O2/c1-4-6(10)3-5(9(13)14-2)8(12)7(4)11/h3H,1-2H3. The first-order valence-corrected chi connectivity index (χ1v) is 3.81. The molecule has 0 saturated heterocycles. The van der Waals surface area contributed by atoms with Crippen LogP contribution in [-0.4, -0.2) is 20.9 Å². The lowest BCUT2D eigenvalue weighted by atomic mass is 9.89. The smallest absolute Gasteiger partial charge is 0.340 e. The molecule has 0 atom stereocenters. The normalized spacial score (nSPS) is 10.0. The Labute approximate surface area is 81.3 Å². The number of esters is 1. The molecule has 0 aliphatic rings. The first kappa shape index (κ1) is 10.7. The number of carbonyl (C=O) groups is 1. The van der Waals surface area contributed by atoms with Gasteiger partial charge in [0.15, 0.2) is 11.6 Å². The highest BCUT2D eigenvalue weighted by Crippen LogP contribution is 2.14. The van der Waals surface area contributed by atoms with Crippen LogP contribution in [0.25, 0.3) is 0 Å². The van der Waals surface area contributed by atoms with E-state index in [2.05, 4.69) is 4.74 Å². The fourth-order valence-corrected chi connectivity index (χ4v) is 0.995. The van der Waals surface area contributed by atoms with Crippen LogP contribution in [0, 0.1) is 18.6 Å². The van der Waals surface area contributed by atoms with Crippen LogP contribution in [0.4, 0.5) is 8.78 Å². The van der Waals surface area contributed by atoms with Crippen LogP contribution in [0.5, 0.6) is 0 Å². The lowest BCUT2D eigenvalue weighted by Gasteiger charge is -2.07. The molecule has 0 heterocycles. The molecule has 72 valence electrons. The van der Waals surface area contributed by atoms with E-state index in [1.807, 2.05) is 0 Å². The highest BCUT2D eigenvalue weighted by molar-refractivity contribution is 6.33. The molecule has 0 aliphatic heterocycles. The SMILES string of the molecule is [B]c1cc(C(=O)OC)c(F)c(F)c1C. The first-order valence-electron chi connectivity index (χ1n) is 3.81. The number of carbonyl (C=O) groups excluding carboxylic acids is 1. The summed E-state index contributed by atoms with van der Waals surface area (Å²) in [4.78, 5) is 11.0. The van der Waals surface area contributed by atoms with Crippen LogP contribution < -0.4 is 5.46 Å². The fourth-order valence-electron chi connectivity index (χ4n) is 0.995. The molecule has 0 N–H and O–H groups in total. The van der Waals surface area contributed by atoms with E-state index in [1.165, 1.54) is 6.92 Å².